The molecule has 1 fully saturated rings. The Morgan fingerprint density at radius 3 is 2.69 bits per heavy atom. The van der Waals surface area contributed by atoms with Gasteiger partial charge in [-0.3, -0.25) is 4.79 Å². The van der Waals surface area contributed by atoms with E-state index in [-0.39, 0.29) is 28.8 Å². The van der Waals surface area contributed by atoms with E-state index in [0.717, 1.165) is 37.3 Å². The molecule has 1 unspecified atom stereocenters. The molecule has 2 aliphatic carbocycles. The molecular weight excluding hydrogens is 377 g/mol. The van der Waals surface area contributed by atoms with Crippen LogP contribution in [0.1, 0.15) is 42.1 Å². The van der Waals surface area contributed by atoms with Crippen LogP contribution in [0.4, 0.5) is 10.1 Å². The minimum atomic E-state index is -1.32. The highest BCUT2D eigenvalue weighted by Gasteiger charge is 2.35. The minimum Gasteiger partial charge on any atom is -0.492 e. The van der Waals surface area contributed by atoms with E-state index in [0.29, 0.717) is 24.3 Å². The first-order valence-corrected chi connectivity index (χ1v) is 9.80. The fraction of sp³-hybridized carbons (Fsp3) is 0.429. The second kappa shape index (κ2) is 6.32. The zero-order valence-corrected chi connectivity index (χ0v) is 16.1. The molecule has 1 aliphatic heterocycles. The van der Waals surface area contributed by atoms with Crippen LogP contribution in [0.5, 0.6) is 5.75 Å². The number of aromatic carboxylic acids is 1. The van der Waals surface area contributed by atoms with Gasteiger partial charge >= 0.3 is 5.97 Å². The van der Waals surface area contributed by atoms with Gasteiger partial charge in [0.25, 0.3) is 0 Å². The number of hydrogen-bond acceptors (Lipinski definition) is 5. The van der Waals surface area contributed by atoms with Crippen molar-refractivity contribution in [2.75, 3.05) is 25.1 Å². The first kappa shape index (κ1) is 18.2. The normalized spacial score (nSPS) is 21.2. The Bertz CT molecular complexity index is 1150. The molecule has 0 saturated heterocycles. The van der Waals surface area contributed by atoms with Crippen LogP contribution >= 0.6 is 0 Å². The third-order valence-corrected chi connectivity index (χ3v) is 6.29. The van der Waals surface area contributed by atoms with E-state index in [9.17, 15) is 14.7 Å². The number of hydrogen-bond donors (Lipinski definition) is 2. The Kier molecular flexibility index (Phi) is 3.96. The van der Waals surface area contributed by atoms with E-state index in [4.69, 9.17) is 10.5 Å². The Labute approximate surface area is 166 Å². The molecule has 2 heterocycles. The van der Waals surface area contributed by atoms with E-state index >= 15 is 4.39 Å². The Morgan fingerprint density at radius 1 is 1.31 bits per heavy atom. The summed E-state index contributed by atoms with van der Waals surface area (Å²) in [5, 5.41) is 9.46. The molecule has 0 radical (unpaired) electrons. The second-order valence-electron chi connectivity index (χ2n) is 8.08. The summed E-state index contributed by atoms with van der Waals surface area (Å²) < 4.78 is 22.7. The lowest BCUT2D eigenvalue weighted by atomic mass is 10.1. The van der Waals surface area contributed by atoms with Crippen molar-refractivity contribution >= 4 is 22.6 Å². The van der Waals surface area contributed by atoms with Gasteiger partial charge in [0, 0.05) is 31.4 Å². The summed E-state index contributed by atoms with van der Waals surface area (Å²) in [7, 11) is 1.45. The van der Waals surface area contributed by atoms with E-state index in [1.807, 2.05) is 4.90 Å². The molecule has 1 aromatic heterocycles. The lowest BCUT2D eigenvalue weighted by molar-refractivity contribution is 0.0695. The highest BCUT2D eigenvalue weighted by atomic mass is 19.1. The van der Waals surface area contributed by atoms with Crippen molar-refractivity contribution < 1.29 is 19.0 Å². The summed E-state index contributed by atoms with van der Waals surface area (Å²) in [6.07, 6.45) is 4.96. The molecule has 0 amide bonds. The predicted octanol–water partition coefficient (Wildman–Crippen LogP) is 2.42. The number of rotatable bonds is 4. The number of aromatic nitrogens is 1. The summed E-state index contributed by atoms with van der Waals surface area (Å²) in [6, 6.07) is 1.25. The van der Waals surface area contributed by atoms with Crippen LogP contribution in [0, 0.1) is 5.82 Å². The first-order chi connectivity index (χ1) is 13.9. The largest absolute Gasteiger partial charge is 0.492 e. The number of methoxy groups -OCH3 is 1. The fourth-order valence-electron chi connectivity index (χ4n) is 4.71. The SMILES string of the molecule is COc1c(N2CC3=C(C2)C(N)CC3)c(F)cc2c(=O)c(C(=O)O)cn(C3CC3)c12. The number of carbonyl (C=O) groups is 1. The van der Waals surface area contributed by atoms with Gasteiger partial charge in [-0.05, 0) is 42.9 Å². The lowest BCUT2D eigenvalue weighted by Crippen LogP contribution is -2.29. The molecule has 3 aliphatic rings. The van der Waals surface area contributed by atoms with Gasteiger partial charge in [0.15, 0.2) is 11.6 Å². The zero-order valence-electron chi connectivity index (χ0n) is 16.1. The van der Waals surface area contributed by atoms with Gasteiger partial charge in [0.05, 0.1) is 18.0 Å². The van der Waals surface area contributed by atoms with Gasteiger partial charge in [-0.2, -0.15) is 0 Å². The summed E-state index contributed by atoms with van der Waals surface area (Å²) in [5.74, 6) is -1.63. The lowest BCUT2D eigenvalue weighted by Gasteiger charge is -2.26. The molecule has 8 heteroatoms. The van der Waals surface area contributed by atoms with Crippen LogP contribution in [0.25, 0.3) is 10.9 Å². The van der Waals surface area contributed by atoms with Gasteiger partial charge in [0.2, 0.25) is 5.43 Å². The number of carboxylic acid groups (broad SMARTS) is 1. The maximum Gasteiger partial charge on any atom is 0.341 e. The monoisotopic (exact) mass is 399 g/mol. The quantitative estimate of drug-likeness (QED) is 0.767. The molecule has 152 valence electrons. The molecule has 7 nitrogen and oxygen atoms in total. The Hall–Kier alpha value is -2.87. The van der Waals surface area contributed by atoms with Crippen molar-refractivity contribution in [3.8, 4) is 5.75 Å². The number of nitrogens with two attached hydrogens (primary N) is 1. The number of ether oxygens (including phenoxy) is 1. The summed E-state index contributed by atoms with van der Waals surface area (Å²) in [5.41, 5.74) is 8.30. The maximum absolute atomic E-state index is 15.3. The number of fused-ring (bicyclic) bond motifs is 1. The molecule has 1 aromatic carbocycles. The average molecular weight is 399 g/mol. The van der Waals surface area contributed by atoms with Crippen molar-refractivity contribution in [2.24, 2.45) is 5.73 Å². The third kappa shape index (κ3) is 2.66. The van der Waals surface area contributed by atoms with Crippen molar-refractivity contribution in [1.29, 1.82) is 0 Å². The molecular formula is C21H22FN3O4. The molecule has 2 aromatic rings. The smallest absolute Gasteiger partial charge is 0.341 e. The first-order valence-electron chi connectivity index (χ1n) is 9.80. The van der Waals surface area contributed by atoms with E-state index in [2.05, 4.69) is 0 Å². The van der Waals surface area contributed by atoms with Gasteiger partial charge in [-0.1, -0.05) is 0 Å². The predicted molar refractivity (Wildman–Crippen MR) is 106 cm³/mol. The van der Waals surface area contributed by atoms with Crippen molar-refractivity contribution in [2.45, 2.75) is 37.8 Å². The molecule has 0 spiro atoms. The van der Waals surface area contributed by atoms with Crippen LogP contribution in [-0.4, -0.2) is 41.9 Å². The molecule has 5 rings (SSSR count). The molecule has 1 atom stereocenters. The Morgan fingerprint density at radius 2 is 2.07 bits per heavy atom. The third-order valence-electron chi connectivity index (χ3n) is 6.29. The van der Waals surface area contributed by atoms with Crippen LogP contribution in [0.3, 0.4) is 0 Å². The van der Waals surface area contributed by atoms with E-state index < -0.39 is 17.2 Å². The molecule has 3 N–H and O–H groups in total. The van der Waals surface area contributed by atoms with Crippen molar-refractivity contribution in [3.05, 3.63) is 45.0 Å². The van der Waals surface area contributed by atoms with Crippen LogP contribution in [0.15, 0.2) is 28.2 Å². The van der Waals surface area contributed by atoms with Gasteiger partial charge in [0.1, 0.15) is 11.3 Å². The number of nitrogens with zero attached hydrogens (tertiary/aromatic N) is 2. The molecule has 0 bridgehead atoms. The number of halogens is 1. The zero-order chi connectivity index (χ0) is 20.4. The van der Waals surface area contributed by atoms with Gasteiger partial charge in [-0.15, -0.1) is 0 Å². The average Bonchev–Trinajstić information content (AvgIpc) is 3.35. The Balaban J connectivity index is 1.74. The van der Waals surface area contributed by atoms with Crippen LogP contribution in [0.2, 0.25) is 0 Å². The van der Waals surface area contributed by atoms with Crippen molar-refractivity contribution in [1.82, 2.24) is 4.57 Å². The highest BCUT2D eigenvalue weighted by Crippen LogP contribution is 2.45. The van der Waals surface area contributed by atoms with E-state index in [1.165, 1.54) is 18.9 Å². The number of pyridine rings is 1. The molecule has 1 saturated carbocycles. The van der Waals surface area contributed by atoms with E-state index in [1.54, 1.807) is 4.57 Å². The van der Waals surface area contributed by atoms with Crippen LogP contribution < -0.4 is 20.8 Å². The summed E-state index contributed by atoms with van der Waals surface area (Å²) in [4.78, 5) is 26.2. The van der Waals surface area contributed by atoms with Gasteiger partial charge in [-0.25, -0.2) is 9.18 Å². The minimum absolute atomic E-state index is 0.00674. The second-order valence-corrected chi connectivity index (χ2v) is 8.08. The molecule has 29 heavy (non-hydrogen) atoms. The number of benzene rings is 1. The fourth-order valence-corrected chi connectivity index (χ4v) is 4.71. The van der Waals surface area contributed by atoms with Crippen molar-refractivity contribution in [3.63, 3.8) is 0 Å². The highest BCUT2D eigenvalue weighted by molar-refractivity contribution is 5.97. The maximum atomic E-state index is 15.3. The van der Waals surface area contributed by atoms with Crippen LogP contribution in [-0.2, 0) is 0 Å². The number of anilines is 1. The summed E-state index contributed by atoms with van der Waals surface area (Å²) in [6.45, 7) is 1.12. The summed E-state index contributed by atoms with van der Waals surface area (Å²) >= 11 is 0. The van der Waals surface area contributed by atoms with Gasteiger partial charge < -0.3 is 25.0 Å². The topological polar surface area (TPSA) is 97.8 Å². The number of carboxylic acids is 1. The standard InChI is InChI=1S/C21H22FN3O4/c1-29-20-17-12(19(26)14(21(27)28)9-25(17)11-3-4-11)6-15(22)18(20)24-7-10-2-5-16(23)13(10)8-24/h6,9,11,16H,2-5,7-8,23H2,1H3,(H,27,28).